The first kappa shape index (κ1) is 9.64. The predicted molar refractivity (Wildman–Crippen MR) is 48.5 cm³/mol. The lowest BCUT2D eigenvalue weighted by atomic mass is 10.1. The normalized spacial score (nSPS) is 10.2. The first-order valence-electron chi connectivity index (χ1n) is 3.81. The number of phenols is 1. The summed E-state index contributed by atoms with van der Waals surface area (Å²) >= 11 is 0. The molecule has 0 aliphatic carbocycles. The number of nitrogens with two attached hydrogens (primary N) is 1. The highest BCUT2D eigenvalue weighted by molar-refractivity contribution is 5.64. The Morgan fingerprint density at radius 2 is 1.85 bits per heavy atom. The van der Waals surface area contributed by atoms with Crippen molar-refractivity contribution < 1.29 is 14.2 Å². The van der Waals surface area contributed by atoms with Crippen molar-refractivity contribution in [2.45, 2.75) is 13.8 Å². The van der Waals surface area contributed by atoms with Crippen molar-refractivity contribution in [3.05, 3.63) is 16.9 Å². The smallest absolute Gasteiger partial charge is 0.156 e. The summed E-state index contributed by atoms with van der Waals surface area (Å²) in [7, 11) is 1.42. The van der Waals surface area contributed by atoms with E-state index in [2.05, 4.69) is 0 Å². The highest BCUT2D eigenvalue weighted by Gasteiger charge is 2.17. The molecule has 0 heterocycles. The maximum Gasteiger partial charge on any atom is 0.156 e. The molecular formula is C9H12FNO2. The number of ether oxygens (including phenoxy) is 1. The number of hydrogen-bond acceptors (Lipinski definition) is 3. The van der Waals surface area contributed by atoms with Gasteiger partial charge in [0.15, 0.2) is 5.82 Å². The van der Waals surface area contributed by atoms with Gasteiger partial charge in [-0.1, -0.05) is 0 Å². The number of halogens is 1. The van der Waals surface area contributed by atoms with Gasteiger partial charge < -0.3 is 15.6 Å². The standard InChI is InChI=1S/C9H12FNO2/c1-4-6(10)7(11)8(12)5(2)9(4)13-3/h12H,11H2,1-3H3. The van der Waals surface area contributed by atoms with E-state index in [1.54, 1.807) is 13.8 Å². The van der Waals surface area contributed by atoms with Gasteiger partial charge in [0.2, 0.25) is 0 Å². The van der Waals surface area contributed by atoms with Gasteiger partial charge in [-0.05, 0) is 13.8 Å². The van der Waals surface area contributed by atoms with Crippen LogP contribution in [0.25, 0.3) is 0 Å². The summed E-state index contributed by atoms with van der Waals surface area (Å²) in [5.74, 6) is -0.538. The van der Waals surface area contributed by atoms with Gasteiger partial charge in [-0.3, -0.25) is 0 Å². The van der Waals surface area contributed by atoms with Crippen molar-refractivity contribution >= 4 is 5.69 Å². The molecule has 3 nitrogen and oxygen atoms in total. The van der Waals surface area contributed by atoms with Gasteiger partial charge >= 0.3 is 0 Å². The largest absolute Gasteiger partial charge is 0.505 e. The zero-order chi connectivity index (χ0) is 10.2. The average Bonchev–Trinajstić information content (AvgIpc) is 2.13. The van der Waals surface area contributed by atoms with E-state index in [1.807, 2.05) is 0 Å². The highest BCUT2D eigenvalue weighted by Crippen LogP contribution is 2.37. The predicted octanol–water partition coefficient (Wildman–Crippen LogP) is 1.74. The van der Waals surface area contributed by atoms with Crippen molar-refractivity contribution in [1.82, 2.24) is 0 Å². The van der Waals surface area contributed by atoms with Crippen LogP contribution in [0.1, 0.15) is 11.1 Å². The van der Waals surface area contributed by atoms with E-state index < -0.39 is 5.82 Å². The molecule has 0 aliphatic rings. The van der Waals surface area contributed by atoms with E-state index in [0.717, 1.165) is 0 Å². The van der Waals surface area contributed by atoms with Crippen molar-refractivity contribution in [3.63, 3.8) is 0 Å². The fourth-order valence-corrected chi connectivity index (χ4v) is 1.30. The summed E-state index contributed by atoms with van der Waals surface area (Å²) < 4.78 is 18.2. The third-order valence-corrected chi connectivity index (χ3v) is 2.06. The van der Waals surface area contributed by atoms with Gasteiger partial charge in [0.1, 0.15) is 17.2 Å². The molecule has 0 unspecified atom stereocenters. The second-order valence-electron chi connectivity index (χ2n) is 2.86. The van der Waals surface area contributed by atoms with E-state index in [9.17, 15) is 9.50 Å². The number of aromatic hydroxyl groups is 1. The average molecular weight is 185 g/mol. The van der Waals surface area contributed by atoms with E-state index in [0.29, 0.717) is 16.9 Å². The molecule has 1 rings (SSSR count). The molecule has 0 atom stereocenters. The lowest BCUT2D eigenvalue weighted by Crippen LogP contribution is -2.00. The molecule has 0 saturated heterocycles. The molecule has 0 amide bonds. The summed E-state index contributed by atoms with van der Waals surface area (Å²) in [4.78, 5) is 0. The number of methoxy groups -OCH3 is 1. The topological polar surface area (TPSA) is 55.5 Å². The van der Waals surface area contributed by atoms with Gasteiger partial charge in [0.05, 0.1) is 7.11 Å². The van der Waals surface area contributed by atoms with Crippen LogP contribution in [0.15, 0.2) is 0 Å². The molecule has 0 radical (unpaired) electrons. The zero-order valence-electron chi connectivity index (χ0n) is 7.81. The highest BCUT2D eigenvalue weighted by atomic mass is 19.1. The molecule has 72 valence electrons. The van der Waals surface area contributed by atoms with Gasteiger partial charge in [0.25, 0.3) is 0 Å². The third kappa shape index (κ3) is 1.28. The molecule has 0 aromatic heterocycles. The first-order valence-corrected chi connectivity index (χ1v) is 3.81. The van der Waals surface area contributed by atoms with Gasteiger partial charge in [-0.2, -0.15) is 0 Å². The summed E-state index contributed by atoms with van der Waals surface area (Å²) in [6.07, 6.45) is 0. The molecular weight excluding hydrogens is 173 g/mol. The van der Waals surface area contributed by atoms with Crippen LogP contribution in [-0.4, -0.2) is 12.2 Å². The lowest BCUT2D eigenvalue weighted by Gasteiger charge is -2.13. The Balaban J connectivity index is 3.56. The van der Waals surface area contributed by atoms with Crippen LogP contribution >= 0.6 is 0 Å². The van der Waals surface area contributed by atoms with Crippen LogP contribution in [0.4, 0.5) is 10.1 Å². The second kappa shape index (κ2) is 3.12. The molecule has 1 aromatic carbocycles. The fraction of sp³-hybridized carbons (Fsp3) is 0.333. The van der Waals surface area contributed by atoms with E-state index in [1.165, 1.54) is 7.11 Å². The molecule has 0 aliphatic heterocycles. The molecule has 0 bridgehead atoms. The van der Waals surface area contributed by atoms with Gasteiger partial charge in [0, 0.05) is 11.1 Å². The molecule has 13 heavy (non-hydrogen) atoms. The molecule has 0 saturated carbocycles. The van der Waals surface area contributed by atoms with Crippen LogP contribution in [0.5, 0.6) is 11.5 Å². The minimum atomic E-state index is -0.625. The minimum Gasteiger partial charge on any atom is -0.505 e. The van der Waals surface area contributed by atoms with Crippen molar-refractivity contribution in [2.24, 2.45) is 0 Å². The molecule has 0 spiro atoms. The number of anilines is 1. The monoisotopic (exact) mass is 185 g/mol. The zero-order valence-corrected chi connectivity index (χ0v) is 7.81. The Morgan fingerprint density at radius 1 is 1.31 bits per heavy atom. The second-order valence-corrected chi connectivity index (χ2v) is 2.86. The fourth-order valence-electron chi connectivity index (χ4n) is 1.30. The van der Waals surface area contributed by atoms with Crippen LogP contribution in [0, 0.1) is 19.7 Å². The molecule has 0 fully saturated rings. The maximum absolute atomic E-state index is 13.3. The number of hydrogen-bond donors (Lipinski definition) is 2. The summed E-state index contributed by atoms with van der Waals surface area (Å²) in [6, 6.07) is 0. The van der Waals surface area contributed by atoms with Crippen LogP contribution in [0.3, 0.4) is 0 Å². The Hall–Kier alpha value is -1.45. The van der Waals surface area contributed by atoms with Crippen molar-refractivity contribution in [3.8, 4) is 11.5 Å². The van der Waals surface area contributed by atoms with E-state index >= 15 is 0 Å². The third-order valence-electron chi connectivity index (χ3n) is 2.06. The Bertz CT molecular complexity index is 321. The number of benzene rings is 1. The molecule has 1 aromatic rings. The Kier molecular flexibility index (Phi) is 2.32. The SMILES string of the molecule is COc1c(C)c(O)c(N)c(F)c1C. The van der Waals surface area contributed by atoms with Crippen LogP contribution in [-0.2, 0) is 0 Å². The Morgan fingerprint density at radius 3 is 2.31 bits per heavy atom. The number of phenolic OH excluding ortho intramolecular Hbond substituents is 1. The summed E-state index contributed by atoms with van der Waals surface area (Å²) in [5.41, 5.74) is 5.87. The minimum absolute atomic E-state index is 0.226. The van der Waals surface area contributed by atoms with Gasteiger partial charge in [-0.25, -0.2) is 4.39 Å². The number of rotatable bonds is 1. The number of nitrogen functional groups attached to an aromatic ring is 1. The van der Waals surface area contributed by atoms with Crippen LogP contribution < -0.4 is 10.5 Å². The summed E-state index contributed by atoms with van der Waals surface area (Å²) in [5, 5.41) is 9.38. The quantitative estimate of drug-likeness (QED) is 0.517. The van der Waals surface area contributed by atoms with E-state index in [-0.39, 0.29) is 11.4 Å². The molecule has 4 heteroatoms. The first-order chi connectivity index (χ1) is 6.00. The molecule has 3 N–H and O–H groups in total. The van der Waals surface area contributed by atoms with Crippen LogP contribution in [0.2, 0.25) is 0 Å². The Labute approximate surface area is 75.9 Å². The van der Waals surface area contributed by atoms with E-state index in [4.69, 9.17) is 10.5 Å². The van der Waals surface area contributed by atoms with Crippen molar-refractivity contribution in [2.75, 3.05) is 12.8 Å². The van der Waals surface area contributed by atoms with Gasteiger partial charge in [-0.15, -0.1) is 0 Å². The summed E-state index contributed by atoms with van der Waals surface area (Å²) in [6.45, 7) is 3.17. The maximum atomic E-state index is 13.3. The van der Waals surface area contributed by atoms with Crippen molar-refractivity contribution in [1.29, 1.82) is 0 Å². The lowest BCUT2D eigenvalue weighted by molar-refractivity contribution is 0.394.